The molecule has 0 fully saturated rings. The van der Waals surface area contributed by atoms with Gasteiger partial charge in [-0.05, 0) is 42.3 Å². The zero-order chi connectivity index (χ0) is 22.6. The fourth-order valence-corrected chi connectivity index (χ4v) is 2.72. The molecule has 31 heavy (non-hydrogen) atoms. The summed E-state index contributed by atoms with van der Waals surface area (Å²) in [4.78, 5) is 12.3. The third-order valence-corrected chi connectivity index (χ3v) is 4.05. The van der Waals surface area contributed by atoms with E-state index in [1.165, 1.54) is 36.4 Å². The normalized spacial score (nSPS) is 11.6. The van der Waals surface area contributed by atoms with Crippen molar-refractivity contribution in [2.45, 2.75) is 19.2 Å². The van der Waals surface area contributed by atoms with Gasteiger partial charge in [0, 0.05) is 6.54 Å². The molecule has 0 saturated carbocycles. The van der Waals surface area contributed by atoms with Crippen molar-refractivity contribution in [3.63, 3.8) is 0 Å². The maximum Gasteiger partial charge on any atom is 0.435 e. The van der Waals surface area contributed by atoms with Crippen LogP contribution < -0.4 is 10.1 Å². The molecule has 6 nitrogen and oxygen atoms in total. The van der Waals surface area contributed by atoms with Gasteiger partial charge in [-0.2, -0.15) is 22.0 Å². The number of ether oxygens (including phenoxy) is 1. The van der Waals surface area contributed by atoms with Crippen molar-refractivity contribution in [1.82, 2.24) is 20.3 Å². The molecule has 0 unspecified atom stereocenters. The maximum absolute atomic E-state index is 13.6. The third-order valence-electron chi connectivity index (χ3n) is 4.05. The standard InChI is InChI=1S/C19H14F6N4O2/c20-12-2-1-3-13(10-12)29-16(19(23,24)25)15(27-28-29)17(30)26-9-8-11-4-6-14(7-5-11)31-18(21)22/h1-7,10,18H,8-9H2,(H,26,30). The van der Waals surface area contributed by atoms with Gasteiger partial charge in [0.1, 0.15) is 11.6 Å². The lowest BCUT2D eigenvalue weighted by molar-refractivity contribution is -0.143. The second-order valence-corrected chi connectivity index (χ2v) is 6.20. The highest BCUT2D eigenvalue weighted by Gasteiger charge is 2.42. The highest BCUT2D eigenvalue weighted by Crippen LogP contribution is 2.32. The van der Waals surface area contributed by atoms with Crippen molar-refractivity contribution in [3.8, 4) is 11.4 Å². The molecule has 0 spiro atoms. The van der Waals surface area contributed by atoms with Gasteiger partial charge in [0.2, 0.25) is 0 Å². The Morgan fingerprint density at radius 3 is 2.45 bits per heavy atom. The molecule has 0 aliphatic rings. The van der Waals surface area contributed by atoms with Crippen LogP contribution in [0.4, 0.5) is 26.3 Å². The molecule has 0 aliphatic heterocycles. The number of nitrogens with one attached hydrogen (secondary N) is 1. The molecule has 12 heteroatoms. The summed E-state index contributed by atoms with van der Waals surface area (Å²) < 4.78 is 82.9. The predicted molar refractivity (Wildman–Crippen MR) is 95.4 cm³/mol. The van der Waals surface area contributed by atoms with Gasteiger partial charge in [-0.3, -0.25) is 4.79 Å². The zero-order valence-corrected chi connectivity index (χ0v) is 15.5. The van der Waals surface area contributed by atoms with E-state index in [1.807, 2.05) is 0 Å². The van der Waals surface area contributed by atoms with Gasteiger partial charge in [-0.25, -0.2) is 9.07 Å². The van der Waals surface area contributed by atoms with E-state index in [-0.39, 0.29) is 24.4 Å². The average Bonchev–Trinajstić information content (AvgIpc) is 3.15. The van der Waals surface area contributed by atoms with Crippen molar-refractivity contribution in [1.29, 1.82) is 0 Å². The number of carbonyl (C=O) groups excluding carboxylic acids is 1. The molecule has 1 aromatic heterocycles. The molecule has 2 aromatic carbocycles. The average molecular weight is 444 g/mol. The highest BCUT2D eigenvalue weighted by molar-refractivity contribution is 5.93. The van der Waals surface area contributed by atoms with E-state index in [0.717, 1.165) is 12.1 Å². The minimum Gasteiger partial charge on any atom is -0.435 e. The second kappa shape index (κ2) is 9.06. The van der Waals surface area contributed by atoms with Gasteiger partial charge in [-0.15, -0.1) is 5.10 Å². The first-order chi connectivity index (χ1) is 14.6. The number of alkyl halides is 5. The summed E-state index contributed by atoms with van der Waals surface area (Å²) in [5.74, 6) is -1.95. The molecule has 0 radical (unpaired) electrons. The Bertz CT molecular complexity index is 1050. The second-order valence-electron chi connectivity index (χ2n) is 6.20. The Morgan fingerprint density at radius 2 is 1.84 bits per heavy atom. The molecule has 0 aliphatic carbocycles. The van der Waals surface area contributed by atoms with Gasteiger partial charge in [0.15, 0.2) is 11.4 Å². The smallest absolute Gasteiger partial charge is 0.435 e. The number of aromatic nitrogens is 3. The Hall–Kier alpha value is -3.57. The monoisotopic (exact) mass is 444 g/mol. The number of amides is 1. The van der Waals surface area contributed by atoms with Crippen molar-refractivity contribution in [2.24, 2.45) is 0 Å². The number of halogens is 6. The number of hydrogen-bond acceptors (Lipinski definition) is 4. The molecule has 1 amide bonds. The zero-order valence-electron chi connectivity index (χ0n) is 15.5. The number of rotatable bonds is 7. The van der Waals surface area contributed by atoms with Gasteiger partial charge in [0.05, 0.1) is 5.69 Å². The number of carbonyl (C=O) groups is 1. The lowest BCUT2D eigenvalue weighted by Crippen LogP contribution is -2.29. The summed E-state index contributed by atoms with van der Waals surface area (Å²) in [5, 5.41) is 8.99. The van der Waals surface area contributed by atoms with Gasteiger partial charge < -0.3 is 10.1 Å². The SMILES string of the molecule is O=C(NCCc1ccc(OC(F)F)cc1)c1nnn(-c2cccc(F)c2)c1C(F)(F)F. The number of hydrogen-bond donors (Lipinski definition) is 1. The Kier molecular flexibility index (Phi) is 6.47. The van der Waals surface area contributed by atoms with Crippen LogP contribution in [0.3, 0.4) is 0 Å². The van der Waals surface area contributed by atoms with Crippen LogP contribution in [0, 0.1) is 5.82 Å². The van der Waals surface area contributed by atoms with Crippen LogP contribution in [-0.2, 0) is 12.6 Å². The fraction of sp³-hybridized carbons (Fsp3) is 0.211. The first-order valence-corrected chi connectivity index (χ1v) is 8.76. The Morgan fingerprint density at radius 1 is 1.13 bits per heavy atom. The van der Waals surface area contributed by atoms with Crippen LogP contribution in [-0.4, -0.2) is 34.1 Å². The summed E-state index contributed by atoms with van der Waals surface area (Å²) in [6.07, 6.45) is -4.77. The van der Waals surface area contributed by atoms with E-state index in [0.29, 0.717) is 10.2 Å². The molecular formula is C19H14F6N4O2. The molecule has 164 valence electrons. The minimum absolute atomic E-state index is 0.0495. The molecule has 0 saturated heterocycles. The molecule has 0 atom stereocenters. The summed E-state index contributed by atoms with van der Waals surface area (Å²) in [5.41, 5.74) is -2.02. The van der Waals surface area contributed by atoms with Crippen LogP contribution in [0.2, 0.25) is 0 Å². The predicted octanol–water partition coefficient (Wildman–Crippen LogP) is 4.00. The summed E-state index contributed by atoms with van der Waals surface area (Å²) in [6, 6.07) is 9.82. The van der Waals surface area contributed by atoms with Crippen molar-refractivity contribution >= 4 is 5.91 Å². The van der Waals surface area contributed by atoms with Crippen LogP contribution in [0.15, 0.2) is 48.5 Å². The molecular weight excluding hydrogens is 430 g/mol. The largest absolute Gasteiger partial charge is 0.435 e. The Labute approximate surface area is 171 Å². The maximum atomic E-state index is 13.6. The Balaban J connectivity index is 1.72. The fourth-order valence-electron chi connectivity index (χ4n) is 2.72. The van der Waals surface area contributed by atoms with Gasteiger partial charge in [-0.1, -0.05) is 23.4 Å². The van der Waals surface area contributed by atoms with Crippen LogP contribution in [0.5, 0.6) is 5.75 Å². The van der Waals surface area contributed by atoms with Crippen LogP contribution in [0.1, 0.15) is 21.7 Å². The molecule has 3 aromatic rings. The van der Waals surface area contributed by atoms with Gasteiger partial charge >= 0.3 is 12.8 Å². The number of benzene rings is 2. The summed E-state index contributed by atoms with van der Waals surface area (Å²) >= 11 is 0. The van der Waals surface area contributed by atoms with Gasteiger partial charge in [0.25, 0.3) is 5.91 Å². The lowest BCUT2D eigenvalue weighted by Gasteiger charge is -2.11. The molecule has 0 bridgehead atoms. The first kappa shape index (κ1) is 22.1. The summed E-state index contributed by atoms with van der Waals surface area (Å²) in [6.45, 7) is -3.02. The quantitative estimate of drug-likeness (QED) is 0.560. The van der Waals surface area contributed by atoms with E-state index in [9.17, 15) is 31.1 Å². The van der Waals surface area contributed by atoms with Crippen molar-refractivity contribution in [3.05, 3.63) is 71.3 Å². The minimum atomic E-state index is -4.98. The van der Waals surface area contributed by atoms with Crippen LogP contribution >= 0.6 is 0 Å². The lowest BCUT2D eigenvalue weighted by atomic mass is 10.1. The van der Waals surface area contributed by atoms with E-state index < -0.39 is 35.9 Å². The number of nitrogens with zero attached hydrogens (tertiary/aromatic N) is 3. The van der Waals surface area contributed by atoms with E-state index in [2.05, 4.69) is 20.4 Å². The third kappa shape index (κ3) is 5.53. The van der Waals surface area contributed by atoms with E-state index in [4.69, 9.17) is 0 Å². The van der Waals surface area contributed by atoms with E-state index >= 15 is 0 Å². The van der Waals surface area contributed by atoms with Crippen molar-refractivity contribution in [2.75, 3.05) is 6.54 Å². The topological polar surface area (TPSA) is 69.0 Å². The van der Waals surface area contributed by atoms with E-state index in [1.54, 1.807) is 0 Å². The summed E-state index contributed by atoms with van der Waals surface area (Å²) in [7, 11) is 0. The molecule has 3 rings (SSSR count). The molecule has 1 N–H and O–H groups in total. The molecule has 1 heterocycles. The van der Waals surface area contributed by atoms with Crippen molar-refractivity contribution < 1.29 is 35.9 Å². The first-order valence-electron chi connectivity index (χ1n) is 8.76. The van der Waals surface area contributed by atoms with Crippen LogP contribution in [0.25, 0.3) is 5.69 Å². The highest BCUT2D eigenvalue weighted by atomic mass is 19.4.